The summed E-state index contributed by atoms with van der Waals surface area (Å²) < 4.78 is 1.73. The summed E-state index contributed by atoms with van der Waals surface area (Å²) in [5, 5.41) is 16.7. The molecule has 19 heavy (non-hydrogen) atoms. The highest BCUT2D eigenvalue weighted by Crippen LogP contribution is 2.10. The average Bonchev–Trinajstić information content (AvgIpc) is 2.93. The summed E-state index contributed by atoms with van der Waals surface area (Å²) in [6, 6.07) is 0.315. The molecule has 1 fully saturated rings. The summed E-state index contributed by atoms with van der Waals surface area (Å²) in [6.07, 6.45) is 1.69. The number of aromatic nitrogens is 4. The molecule has 0 radical (unpaired) electrons. The number of thiazole rings is 1. The summed E-state index contributed by atoms with van der Waals surface area (Å²) >= 11 is 1.57. The first-order valence-electron chi connectivity index (χ1n) is 6.04. The van der Waals surface area contributed by atoms with Crippen LogP contribution in [0.3, 0.4) is 0 Å². The monoisotopic (exact) mass is 278 g/mol. The van der Waals surface area contributed by atoms with Gasteiger partial charge in [0.15, 0.2) is 5.69 Å². The topological polar surface area (TPSA) is 84.7 Å². The standard InChI is InChI=1S/C11H14N6OS/c1-7-14-8(6-19-7)2-13-11(18)10-5-17(16-15-10)9-3-12-4-9/h5-6,9,12H,2-4H2,1H3,(H,13,18). The van der Waals surface area contributed by atoms with Crippen LogP contribution in [0.1, 0.15) is 27.2 Å². The van der Waals surface area contributed by atoms with E-state index in [4.69, 9.17) is 0 Å². The van der Waals surface area contributed by atoms with Crippen molar-refractivity contribution in [3.05, 3.63) is 28.0 Å². The van der Waals surface area contributed by atoms with E-state index in [1.807, 2.05) is 12.3 Å². The van der Waals surface area contributed by atoms with Gasteiger partial charge in [0.05, 0.1) is 29.5 Å². The number of hydrogen-bond donors (Lipinski definition) is 2. The lowest BCUT2D eigenvalue weighted by molar-refractivity contribution is 0.0945. The smallest absolute Gasteiger partial charge is 0.273 e. The van der Waals surface area contributed by atoms with Crippen molar-refractivity contribution in [2.45, 2.75) is 19.5 Å². The first kappa shape index (κ1) is 12.2. The Morgan fingerprint density at radius 2 is 2.47 bits per heavy atom. The van der Waals surface area contributed by atoms with Gasteiger partial charge >= 0.3 is 0 Å². The predicted molar refractivity (Wildman–Crippen MR) is 69.9 cm³/mol. The summed E-state index contributed by atoms with van der Waals surface area (Å²) in [5.41, 5.74) is 1.21. The molecular formula is C11H14N6OS. The van der Waals surface area contributed by atoms with E-state index in [0.29, 0.717) is 18.3 Å². The normalized spacial score (nSPS) is 15.2. The molecule has 2 N–H and O–H groups in total. The van der Waals surface area contributed by atoms with Gasteiger partial charge in [-0.15, -0.1) is 16.4 Å². The summed E-state index contributed by atoms with van der Waals surface area (Å²) in [7, 11) is 0. The molecule has 1 amide bonds. The van der Waals surface area contributed by atoms with Crippen LogP contribution in [0.2, 0.25) is 0 Å². The van der Waals surface area contributed by atoms with Crippen LogP contribution in [-0.4, -0.2) is 39.0 Å². The first-order chi connectivity index (χ1) is 9.22. The number of nitrogens with one attached hydrogen (secondary N) is 2. The van der Waals surface area contributed by atoms with Gasteiger partial charge in [0.2, 0.25) is 0 Å². The number of hydrogen-bond acceptors (Lipinski definition) is 6. The summed E-state index contributed by atoms with van der Waals surface area (Å²) in [4.78, 5) is 16.2. The number of nitrogens with zero attached hydrogens (tertiary/aromatic N) is 4. The van der Waals surface area contributed by atoms with Crippen molar-refractivity contribution in [1.82, 2.24) is 30.6 Å². The zero-order valence-electron chi connectivity index (χ0n) is 10.5. The highest BCUT2D eigenvalue weighted by molar-refractivity contribution is 7.09. The molecule has 1 aliphatic heterocycles. The molecule has 100 valence electrons. The van der Waals surface area contributed by atoms with Gasteiger partial charge in [0.25, 0.3) is 5.91 Å². The van der Waals surface area contributed by atoms with Gasteiger partial charge in [-0.05, 0) is 6.92 Å². The molecule has 0 unspecified atom stereocenters. The molecule has 3 rings (SSSR count). The summed E-state index contributed by atoms with van der Waals surface area (Å²) in [5.74, 6) is -0.218. The lowest BCUT2D eigenvalue weighted by atomic mass is 10.2. The van der Waals surface area contributed by atoms with E-state index in [-0.39, 0.29) is 5.91 Å². The van der Waals surface area contributed by atoms with Gasteiger partial charge in [0, 0.05) is 18.5 Å². The Morgan fingerprint density at radius 3 is 3.11 bits per heavy atom. The van der Waals surface area contributed by atoms with Crippen LogP contribution < -0.4 is 10.6 Å². The Bertz CT molecular complexity index is 588. The van der Waals surface area contributed by atoms with Crippen LogP contribution in [0.5, 0.6) is 0 Å². The van der Waals surface area contributed by atoms with Crippen molar-refractivity contribution >= 4 is 17.2 Å². The lowest BCUT2D eigenvalue weighted by Crippen LogP contribution is -2.43. The molecule has 2 aromatic heterocycles. The maximum Gasteiger partial charge on any atom is 0.273 e. The van der Waals surface area contributed by atoms with E-state index in [1.165, 1.54) is 0 Å². The highest BCUT2D eigenvalue weighted by Gasteiger charge is 2.21. The second-order valence-corrected chi connectivity index (χ2v) is 5.50. The largest absolute Gasteiger partial charge is 0.345 e. The van der Waals surface area contributed by atoms with Crippen molar-refractivity contribution < 1.29 is 4.79 Å². The number of carbonyl (C=O) groups excluding carboxylic acids is 1. The number of amides is 1. The van der Waals surface area contributed by atoms with Crippen LogP contribution in [0.4, 0.5) is 0 Å². The van der Waals surface area contributed by atoms with Gasteiger partial charge in [-0.1, -0.05) is 5.21 Å². The molecule has 0 atom stereocenters. The van der Waals surface area contributed by atoms with Crippen molar-refractivity contribution in [2.75, 3.05) is 13.1 Å². The molecule has 2 aromatic rings. The Hall–Kier alpha value is -1.80. The van der Waals surface area contributed by atoms with Gasteiger partial charge in [-0.2, -0.15) is 0 Å². The minimum atomic E-state index is -0.218. The minimum absolute atomic E-state index is 0.218. The quantitative estimate of drug-likeness (QED) is 0.829. The molecule has 3 heterocycles. The van der Waals surface area contributed by atoms with Crippen LogP contribution in [0.25, 0.3) is 0 Å². The lowest BCUT2D eigenvalue weighted by Gasteiger charge is -2.26. The molecule has 0 aromatic carbocycles. The molecule has 8 heteroatoms. The van der Waals surface area contributed by atoms with Crippen molar-refractivity contribution in [2.24, 2.45) is 0 Å². The fourth-order valence-corrected chi connectivity index (χ4v) is 2.38. The Balaban J connectivity index is 1.58. The van der Waals surface area contributed by atoms with Crippen LogP contribution >= 0.6 is 11.3 Å². The maximum absolute atomic E-state index is 11.9. The van der Waals surface area contributed by atoms with E-state index in [0.717, 1.165) is 23.8 Å². The Morgan fingerprint density at radius 1 is 1.63 bits per heavy atom. The van der Waals surface area contributed by atoms with Gasteiger partial charge in [-0.25, -0.2) is 9.67 Å². The van der Waals surface area contributed by atoms with Crippen molar-refractivity contribution in [3.63, 3.8) is 0 Å². The molecule has 1 saturated heterocycles. The molecule has 7 nitrogen and oxygen atoms in total. The zero-order valence-corrected chi connectivity index (χ0v) is 11.3. The van der Waals surface area contributed by atoms with E-state index in [2.05, 4.69) is 25.9 Å². The van der Waals surface area contributed by atoms with E-state index in [9.17, 15) is 4.79 Å². The summed E-state index contributed by atoms with van der Waals surface area (Å²) in [6.45, 7) is 4.11. The van der Waals surface area contributed by atoms with Crippen molar-refractivity contribution in [3.8, 4) is 0 Å². The van der Waals surface area contributed by atoms with Gasteiger partial charge < -0.3 is 10.6 Å². The second-order valence-electron chi connectivity index (χ2n) is 4.44. The van der Waals surface area contributed by atoms with E-state index < -0.39 is 0 Å². The molecular weight excluding hydrogens is 264 g/mol. The molecule has 0 aliphatic carbocycles. The number of aryl methyl sites for hydroxylation is 1. The first-order valence-corrected chi connectivity index (χ1v) is 6.92. The third-order valence-electron chi connectivity index (χ3n) is 2.97. The van der Waals surface area contributed by atoms with Crippen LogP contribution in [0.15, 0.2) is 11.6 Å². The number of carbonyl (C=O) groups is 1. The van der Waals surface area contributed by atoms with Gasteiger partial charge in [-0.3, -0.25) is 4.79 Å². The Kier molecular flexibility index (Phi) is 3.26. The van der Waals surface area contributed by atoms with E-state index >= 15 is 0 Å². The third kappa shape index (κ3) is 2.64. The average molecular weight is 278 g/mol. The second kappa shape index (κ2) is 5.06. The maximum atomic E-state index is 11.9. The fraction of sp³-hybridized carbons (Fsp3) is 0.455. The molecule has 0 bridgehead atoms. The zero-order chi connectivity index (χ0) is 13.2. The molecule has 1 aliphatic rings. The minimum Gasteiger partial charge on any atom is -0.345 e. The third-order valence-corrected chi connectivity index (χ3v) is 3.80. The van der Waals surface area contributed by atoms with Gasteiger partial charge in [0.1, 0.15) is 0 Å². The number of rotatable bonds is 4. The van der Waals surface area contributed by atoms with Crippen LogP contribution in [0, 0.1) is 6.92 Å². The SMILES string of the molecule is Cc1nc(CNC(=O)c2cn(C3CNC3)nn2)cs1. The Labute approximate surface area is 114 Å². The van der Waals surface area contributed by atoms with Crippen LogP contribution in [-0.2, 0) is 6.54 Å². The fourth-order valence-electron chi connectivity index (χ4n) is 1.77. The highest BCUT2D eigenvalue weighted by atomic mass is 32.1. The molecule has 0 saturated carbocycles. The predicted octanol–water partition coefficient (Wildman–Crippen LogP) is 0.117. The van der Waals surface area contributed by atoms with Crippen molar-refractivity contribution in [1.29, 1.82) is 0 Å². The van der Waals surface area contributed by atoms with E-state index in [1.54, 1.807) is 22.2 Å². The molecule has 0 spiro atoms.